The fraction of sp³-hybridized carbons (Fsp3) is 0.385. The molecule has 0 saturated heterocycles. The lowest BCUT2D eigenvalue weighted by molar-refractivity contribution is -0.121. The lowest BCUT2D eigenvalue weighted by Gasteiger charge is -2.20. The Bertz CT molecular complexity index is 394. The van der Waals surface area contributed by atoms with E-state index in [1.807, 2.05) is 26.8 Å². The third-order valence-electron chi connectivity index (χ3n) is 1.96. The van der Waals surface area contributed by atoms with Gasteiger partial charge < -0.3 is 10.6 Å². The third kappa shape index (κ3) is 5.15. The molecule has 0 spiro atoms. The lowest BCUT2D eigenvalue weighted by atomic mass is 10.1. The van der Waals surface area contributed by atoms with Crippen molar-refractivity contribution in [2.24, 2.45) is 0 Å². The zero-order chi connectivity index (χ0) is 12.9. The first-order chi connectivity index (χ1) is 7.88. The van der Waals surface area contributed by atoms with E-state index in [1.165, 1.54) is 0 Å². The maximum atomic E-state index is 11.6. The second-order valence-corrected chi connectivity index (χ2v) is 4.85. The Morgan fingerprint density at radius 1 is 1.12 bits per heavy atom. The monoisotopic (exact) mass is 234 g/mol. The molecule has 0 fully saturated rings. The van der Waals surface area contributed by atoms with Crippen molar-refractivity contribution in [1.82, 2.24) is 10.6 Å². The fourth-order valence-electron chi connectivity index (χ4n) is 1.31. The first-order valence-corrected chi connectivity index (χ1v) is 5.53. The number of amides is 2. The predicted octanol–water partition coefficient (Wildman–Crippen LogP) is 1.33. The van der Waals surface area contributed by atoms with Crippen molar-refractivity contribution in [3.8, 4) is 0 Å². The van der Waals surface area contributed by atoms with Crippen LogP contribution in [0.1, 0.15) is 31.1 Å². The molecule has 1 aromatic rings. The Kier molecular flexibility index (Phi) is 4.26. The van der Waals surface area contributed by atoms with Crippen LogP contribution in [0.15, 0.2) is 30.3 Å². The summed E-state index contributed by atoms with van der Waals surface area (Å²) in [7, 11) is 0. The predicted molar refractivity (Wildman–Crippen MR) is 66.7 cm³/mol. The molecule has 0 aliphatic rings. The molecular formula is C13H18N2O2. The number of nitrogens with one attached hydrogen (secondary N) is 2. The van der Waals surface area contributed by atoms with Gasteiger partial charge in [-0.15, -0.1) is 0 Å². The molecule has 4 nitrogen and oxygen atoms in total. The standard InChI is InChI=1S/C13H18N2O2/c1-13(2,3)15-11(16)9-14-12(17)10-7-5-4-6-8-10/h4-8H,9H2,1-3H3,(H,14,17)(H,15,16). The molecule has 1 aromatic carbocycles. The van der Waals surface area contributed by atoms with Crippen LogP contribution in [0.25, 0.3) is 0 Å². The van der Waals surface area contributed by atoms with Gasteiger partial charge in [0.25, 0.3) is 5.91 Å². The summed E-state index contributed by atoms with van der Waals surface area (Å²) in [6, 6.07) is 8.81. The minimum absolute atomic E-state index is 0.00893. The molecule has 92 valence electrons. The van der Waals surface area contributed by atoms with Crippen LogP contribution in [0, 0.1) is 0 Å². The smallest absolute Gasteiger partial charge is 0.251 e. The Labute approximate surface area is 101 Å². The highest BCUT2D eigenvalue weighted by atomic mass is 16.2. The van der Waals surface area contributed by atoms with Crippen LogP contribution in [0.4, 0.5) is 0 Å². The van der Waals surface area contributed by atoms with Gasteiger partial charge in [-0.05, 0) is 32.9 Å². The summed E-state index contributed by atoms with van der Waals surface area (Å²) in [5.74, 6) is -0.434. The summed E-state index contributed by atoms with van der Waals surface area (Å²) in [5.41, 5.74) is 0.269. The van der Waals surface area contributed by atoms with Crippen molar-refractivity contribution in [3.63, 3.8) is 0 Å². The molecule has 1 rings (SSSR count). The molecule has 0 heterocycles. The average Bonchev–Trinajstić information content (AvgIpc) is 2.25. The Morgan fingerprint density at radius 2 is 1.71 bits per heavy atom. The van der Waals surface area contributed by atoms with Crippen molar-refractivity contribution in [2.75, 3.05) is 6.54 Å². The summed E-state index contributed by atoms with van der Waals surface area (Å²) in [6.07, 6.45) is 0. The molecular weight excluding hydrogens is 216 g/mol. The molecule has 0 aliphatic heterocycles. The summed E-state index contributed by atoms with van der Waals surface area (Å²) in [6.45, 7) is 5.67. The number of rotatable bonds is 3. The molecule has 0 radical (unpaired) electrons. The highest BCUT2D eigenvalue weighted by molar-refractivity contribution is 5.96. The lowest BCUT2D eigenvalue weighted by Crippen LogP contribution is -2.45. The van der Waals surface area contributed by atoms with Gasteiger partial charge in [0, 0.05) is 11.1 Å². The molecule has 4 heteroatoms. The van der Waals surface area contributed by atoms with Gasteiger partial charge in [-0.25, -0.2) is 0 Å². The van der Waals surface area contributed by atoms with Crippen molar-refractivity contribution >= 4 is 11.8 Å². The van der Waals surface area contributed by atoms with E-state index in [1.54, 1.807) is 24.3 Å². The van der Waals surface area contributed by atoms with Gasteiger partial charge in [-0.3, -0.25) is 9.59 Å². The van der Waals surface area contributed by atoms with Crippen LogP contribution < -0.4 is 10.6 Å². The fourth-order valence-corrected chi connectivity index (χ4v) is 1.31. The minimum Gasteiger partial charge on any atom is -0.350 e. The second-order valence-electron chi connectivity index (χ2n) is 4.85. The van der Waals surface area contributed by atoms with Crippen molar-refractivity contribution in [2.45, 2.75) is 26.3 Å². The average molecular weight is 234 g/mol. The number of benzene rings is 1. The van der Waals surface area contributed by atoms with Crippen LogP contribution in [-0.2, 0) is 4.79 Å². The van der Waals surface area contributed by atoms with Gasteiger partial charge in [-0.2, -0.15) is 0 Å². The molecule has 0 aliphatic carbocycles. The first-order valence-electron chi connectivity index (χ1n) is 5.53. The normalized spacial score (nSPS) is 10.8. The largest absolute Gasteiger partial charge is 0.350 e. The van der Waals surface area contributed by atoms with E-state index in [-0.39, 0.29) is 23.9 Å². The van der Waals surface area contributed by atoms with Crippen molar-refractivity contribution in [1.29, 1.82) is 0 Å². The van der Waals surface area contributed by atoms with Gasteiger partial charge in [0.2, 0.25) is 5.91 Å². The van der Waals surface area contributed by atoms with Gasteiger partial charge >= 0.3 is 0 Å². The molecule has 2 amide bonds. The van der Waals surface area contributed by atoms with Crippen LogP contribution in [0.3, 0.4) is 0 Å². The van der Waals surface area contributed by atoms with E-state index in [0.29, 0.717) is 5.56 Å². The topological polar surface area (TPSA) is 58.2 Å². The quantitative estimate of drug-likeness (QED) is 0.829. The van der Waals surface area contributed by atoms with Gasteiger partial charge in [0.1, 0.15) is 0 Å². The van der Waals surface area contributed by atoms with E-state index in [2.05, 4.69) is 10.6 Å². The SMILES string of the molecule is CC(C)(C)NC(=O)CNC(=O)c1ccccc1. The number of carbonyl (C=O) groups is 2. The Hall–Kier alpha value is -1.84. The maximum Gasteiger partial charge on any atom is 0.251 e. The Morgan fingerprint density at radius 3 is 2.24 bits per heavy atom. The molecule has 0 unspecified atom stereocenters. The van der Waals surface area contributed by atoms with Gasteiger partial charge in [-0.1, -0.05) is 18.2 Å². The number of hydrogen-bond donors (Lipinski definition) is 2. The van der Waals surface area contributed by atoms with Crippen LogP contribution in [0.5, 0.6) is 0 Å². The molecule has 17 heavy (non-hydrogen) atoms. The zero-order valence-corrected chi connectivity index (χ0v) is 10.4. The molecule has 0 saturated carbocycles. The molecule has 0 aromatic heterocycles. The van der Waals surface area contributed by atoms with Gasteiger partial charge in [0.15, 0.2) is 0 Å². The van der Waals surface area contributed by atoms with Crippen molar-refractivity contribution in [3.05, 3.63) is 35.9 Å². The second kappa shape index (κ2) is 5.48. The number of hydrogen-bond acceptors (Lipinski definition) is 2. The first kappa shape index (κ1) is 13.2. The summed E-state index contributed by atoms with van der Waals surface area (Å²) in [5, 5.41) is 5.34. The molecule has 0 bridgehead atoms. The molecule has 0 atom stereocenters. The van der Waals surface area contributed by atoms with Crippen LogP contribution in [-0.4, -0.2) is 23.9 Å². The third-order valence-corrected chi connectivity index (χ3v) is 1.96. The maximum absolute atomic E-state index is 11.6. The molecule has 2 N–H and O–H groups in total. The van der Waals surface area contributed by atoms with Gasteiger partial charge in [0.05, 0.1) is 6.54 Å². The Balaban J connectivity index is 2.42. The van der Waals surface area contributed by atoms with E-state index in [9.17, 15) is 9.59 Å². The van der Waals surface area contributed by atoms with E-state index in [0.717, 1.165) is 0 Å². The van der Waals surface area contributed by atoms with Crippen LogP contribution in [0.2, 0.25) is 0 Å². The summed E-state index contributed by atoms with van der Waals surface area (Å²) < 4.78 is 0. The number of carbonyl (C=O) groups excluding carboxylic acids is 2. The summed E-state index contributed by atoms with van der Waals surface area (Å²) in [4.78, 5) is 23.1. The minimum atomic E-state index is -0.283. The van der Waals surface area contributed by atoms with Crippen LogP contribution >= 0.6 is 0 Å². The highest BCUT2D eigenvalue weighted by Gasteiger charge is 2.14. The van der Waals surface area contributed by atoms with Crippen molar-refractivity contribution < 1.29 is 9.59 Å². The van der Waals surface area contributed by atoms with E-state index < -0.39 is 0 Å². The highest BCUT2D eigenvalue weighted by Crippen LogP contribution is 1.99. The zero-order valence-electron chi connectivity index (χ0n) is 10.4. The van der Waals surface area contributed by atoms with E-state index >= 15 is 0 Å². The van der Waals surface area contributed by atoms with E-state index in [4.69, 9.17) is 0 Å². The summed E-state index contributed by atoms with van der Waals surface area (Å²) >= 11 is 0.